The molecule has 0 spiro atoms. The lowest BCUT2D eigenvalue weighted by Gasteiger charge is -2.33. The lowest BCUT2D eigenvalue weighted by molar-refractivity contribution is 0.555. The van der Waals surface area contributed by atoms with Gasteiger partial charge < -0.3 is 5.73 Å². The topological polar surface area (TPSA) is 63.4 Å². The molecule has 1 aliphatic heterocycles. The average Bonchev–Trinajstić information content (AvgIpc) is 2.46. The van der Waals surface area contributed by atoms with Crippen LogP contribution in [-0.4, -0.2) is 21.0 Å². The van der Waals surface area contributed by atoms with E-state index in [2.05, 4.69) is 0 Å². The zero-order chi connectivity index (χ0) is 15.0. The maximum atomic E-state index is 13.9. The summed E-state index contributed by atoms with van der Waals surface area (Å²) in [6.07, 6.45) is 0.611. The molecular formula is C15H15FN2O2S. The Morgan fingerprint density at radius 3 is 2.52 bits per heavy atom. The van der Waals surface area contributed by atoms with Crippen molar-refractivity contribution in [1.29, 1.82) is 0 Å². The standard InChI is InChI=1S/C15H15FN2O2S/c16-13-6-2-4-8-15(13)21(19,20)18-10-12(17)9-11-5-1-3-7-14(11)18/h1-8,12H,9-10,17H2. The first kappa shape index (κ1) is 14.0. The van der Waals surface area contributed by atoms with E-state index in [4.69, 9.17) is 5.73 Å². The van der Waals surface area contributed by atoms with Crippen LogP contribution in [0.3, 0.4) is 0 Å². The van der Waals surface area contributed by atoms with Crippen LogP contribution < -0.4 is 10.0 Å². The summed E-state index contributed by atoms with van der Waals surface area (Å²) in [4.78, 5) is -0.325. The maximum absolute atomic E-state index is 13.9. The quantitative estimate of drug-likeness (QED) is 0.922. The largest absolute Gasteiger partial charge is 0.326 e. The average molecular weight is 306 g/mol. The molecule has 0 amide bonds. The molecule has 1 aliphatic rings. The first-order chi connectivity index (χ1) is 10.00. The van der Waals surface area contributed by atoms with E-state index < -0.39 is 15.8 Å². The second-order valence-electron chi connectivity index (χ2n) is 5.06. The smallest absolute Gasteiger partial charge is 0.267 e. The number of hydrogen-bond donors (Lipinski definition) is 1. The number of nitrogens with two attached hydrogens (primary N) is 1. The molecule has 0 fully saturated rings. The highest BCUT2D eigenvalue weighted by Gasteiger charge is 2.33. The highest BCUT2D eigenvalue weighted by Crippen LogP contribution is 2.32. The van der Waals surface area contributed by atoms with Crippen LogP contribution in [-0.2, 0) is 16.4 Å². The molecule has 6 heteroatoms. The van der Waals surface area contributed by atoms with Crippen LogP contribution in [0.5, 0.6) is 0 Å². The van der Waals surface area contributed by atoms with Crippen molar-refractivity contribution in [2.75, 3.05) is 10.8 Å². The van der Waals surface area contributed by atoms with Crippen molar-refractivity contribution in [2.24, 2.45) is 5.73 Å². The third kappa shape index (κ3) is 2.41. The van der Waals surface area contributed by atoms with Crippen LogP contribution in [0.1, 0.15) is 5.56 Å². The fourth-order valence-electron chi connectivity index (χ4n) is 2.59. The lowest BCUT2D eigenvalue weighted by Crippen LogP contribution is -2.46. The number of hydrogen-bond acceptors (Lipinski definition) is 3. The molecule has 3 rings (SSSR count). The Morgan fingerprint density at radius 2 is 1.76 bits per heavy atom. The fourth-order valence-corrected chi connectivity index (χ4v) is 4.21. The summed E-state index contributed by atoms with van der Waals surface area (Å²) >= 11 is 0. The predicted molar refractivity (Wildman–Crippen MR) is 79.1 cm³/mol. The van der Waals surface area contributed by atoms with E-state index in [1.54, 1.807) is 12.1 Å². The molecule has 0 bridgehead atoms. The van der Waals surface area contributed by atoms with Crippen LogP contribution in [0.15, 0.2) is 53.4 Å². The second-order valence-corrected chi connectivity index (χ2v) is 6.89. The van der Waals surface area contributed by atoms with Crippen molar-refractivity contribution in [1.82, 2.24) is 0 Å². The summed E-state index contributed by atoms with van der Waals surface area (Å²) in [6, 6.07) is 12.2. The third-order valence-corrected chi connectivity index (χ3v) is 5.36. The number of fused-ring (bicyclic) bond motifs is 1. The SMILES string of the molecule is NC1Cc2ccccc2N(S(=O)(=O)c2ccccc2F)C1. The second kappa shape index (κ2) is 5.13. The minimum atomic E-state index is -3.96. The molecular weight excluding hydrogens is 291 g/mol. The highest BCUT2D eigenvalue weighted by molar-refractivity contribution is 7.92. The molecule has 0 aliphatic carbocycles. The molecule has 4 nitrogen and oxygen atoms in total. The van der Waals surface area contributed by atoms with Gasteiger partial charge in [-0.15, -0.1) is 0 Å². The van der Waals surface area contributed by atoms with Gasteiger partial charge in [-0.3, -0.25) is 4.31 Å². The van der Waals surface area contributed by atoms with Gasteiger partial charge in [0.05, 0.1) is 5.69 Å². The Hall–Kier alpha value is -1.92. The molecule has 1 atom stereocenters. The molecule has 2 aromatic carbocycles. The van der Waals surface area contributed by atoms with Gasteiger partial charge in [-0.25, -0.2) is 12.8 Å². The zero-order valence-electron chi connectivity index (χ0n) is 11.2. The monoisotopic (exact) mass is 306 g/mol. The van der Waals surface area contributed by atoms with Crippen molar-refractivity contribution < 1.29 is 12.8 Å². The summed E-state index contributed by atoms with van der Waals surface area (Å²) in [5.41, 5.74) is 7.38. The van der Waals surface area contributed by atoms with Gasteiger partial charge in [-0.2, -0.15) is 0 Å². The first-order valence-electron chi connectivity index (χ1n) is 6.61. The Morgan fingerprint density at radius 1 is 1.10 bits per heavy atom. The van der Waals surface area contributed by atoms with Gasteiger partial charge in [0.25, 0.3) is 10.0 Å². The number of sulfonamides is 1. The third-order valence-electron chi connectivity index (χ3n) is 3.55. The van der Waals surface area contributed by atoms with E-state index in [1.165, 1.54) is 22.5 Å². The summed E-state index contributed by atoms with van der Waals surface area (Å²) in [5, 5.41) is 0. The van der Waals surface area contributed by atoms with Gasteiger partial charge in [0, 0.05) is 12.6 Å². The minimum absolute atomic E-state index is 0.147. The number of halogens is 1. The van der Waals surface area contributed by atoms with Crippen LogP contribution in [0.25, 0.3) is 0 Å². The summed E-state index contributed by atoms with van der Waals surface area (Å²) in [5.74, 6) is -0.755. The van der Waals surface area contributed by atoms with Gasteiger partial charge >= 0.3 is 0 Å². The highest BCUT2D eigenvalue weighted by atomic mass is 32.2. The van der Waals surface area contributed by atoms with Crippen LogP contribution in [0.2, 0.25) is 0 Å². The van der Waals surface area contributed by atoms with Gasteiger partial charge in [0.2, 0.25) is 0 Å². The van der Waals surface area contributed by atoms with Gasteiger partial charge in [0.15, 0.2) is 0 Å². The zero-order valence-corrected chi connectivity index (χ0v) is 12.1. The van der Waals surface area contributed by atoms with Crippen molar-refractivity contribution in [3.05, 3.63) is 59.9 Å². The molecule has 0 saturated heterocycles. The Labute approximate surface area is 123 Å². The lowest BCUT2D eigenvalue weighted by atomic mass is 10.0. The van der Waals surface area contributed by atoms with Crippen molar-refractivity contribution in [3.8, 4) is 0 Å². The molecule has 0 aromatic heterocycles. The number of rotatable bonds is 2. The molecule has 0 saturated carbocycles. The molecule has 1 unspecified atom stereocenters. The fraction of sp³-hybridized carbons (Fsp3) is 0.200. The molecule has 2 N–H and O–H groups in total. The molecule has 110 valence electrons. The normalized spacial score (nSPS) is 18.4. The van der Waals surface area contributed by atoms with E-state index in [1.807, 2.05) is 12.1 Å². The summed E-state index contributed by atoms with van der Waals surface area (Å²) in [7, 11) is -3.96. The Kier molecular flexibility index (Phi) is 3.43. The van der Waals surface area contributed by atoms with E-state index in [9.17, 15) is 12.8 Å². The molecule has 1 heterocycles. The van der Waals surface area contributed by atoms with E-state index in [0.29, 0.717) is 12.1 Å². The predicted octanol–water partition coefficient (Wildman–Crippen LogP) is 1.90. The van der Waals surface area contributed by atoms with Gasteiger partial charge in [-0.1, -0.05) is 30.3 Å². The molecule has 2 aromatic rings. The van der Waals surface area contributed by atoms with Crippen LogP contribution >= 0.6 is 0 Å². The first-order valence-corrected chi connectivity index (χ1v) is 8.05. The van der Waals surface area contributed by atoms with Crippen LogP contribution in [0.4, 0.5) is 10.1 Å². The van der Waals surface area contributed by atoms with Crippen molar-refractivity contribution in [3.63, 3.8) is 0 Å². The molecule has 21 heavy (non-hydrogen) atoms. The number of para-hydroxylation sites is 1. The molecule has 0 radical (unpaired) electrons. The van der Waals surface area contributed by atoms with Crippen LogP contribution in [0, 0.1) is 5.82 Å². The Bertz CT molecular complexity index is 777. The van der Waals surface area contributed by atoms with Gasteiger partial charge in [0.1, 0.15) is 10.7 Å². The minimum Gasteiger partial charge on any atom is -0.326 e. The van der Waals surface area contributed by atoms with Gasteiger partial charge in [-0.05, 0) is 30.2 Å². The van der Waals surface area contributed by atoms with E-state index >= 15 is 0 Å². The van der Waals surface area contributed by atoms with E-state index in [0.717, 1.165) is 11.6 Å². The number of anilines is 1. The Balaban J connectivity index is 2.14. The van der Waals surface area contributed by atoms with Crippen molar-refractivity contribution >= 4 is 15.7 Å². The number of benzene rings is 2. The van der Waals surface area contributed by atoms with Crippen molar-refractivity contribution in [2.45, 2.75) is 17.4 Å². The number of nitrogens with zero attached hydrogens (tertiary/aromatic N) is 1. The summed E-state index contributed by atoms with van der Waals surface area (Å²) in [6.45, 7) is 0.147. The van der Waals surface area contributed by atoms with E-state index in [-0.39, 0.29) is 17.5 Å². The summed E-state index contributed by atoms with van der Waals surface area (Å²) < 4.78 is 40.6. The maximum Gasteiger partial charge on any atom is 0.267 e.